The molecule has 1 aromatic carbocycles. The van der Waals surface area contributed by atoms with Gasteiger partial charge in [0.1, 0.15) is 0 Å². The highest BCUT2D eigenvalue weighted by Gasteiger charge is 2.68. The first kappa shape index (κ1) is 21.8. The summed E-state index contributed by atoms with van der Waals surface area (Å²) in [4.78, 5) is 12.9. The zero-order chi connectivity index (χ0) is 21.7. The molecule has 0 aromatic heterocycles. The second-order valence-corrected chi connectivity index (χ2v) is 11.9. The van der Waals surface area contributed by atoms with Crippen LogP contribution in [0.2, 0.25) is 0 Å². The fourth-order valence-corrected chi connectivity index (χ4v) is 7.08. The van der Waals surface area contributed by atoms with Crippen LogP contribution in [0.3, 0.4) is 0 Å². The standard InChI is InChI=1S/C23H33NO5S/c1-22(2)16-13-18-20(15-5-7-17(8-6-15)30(4,26)27)29-12-10-23(18,14-16)21(22)24-19(25)9-11-28-3/h5-8,16,18,20-21H,9-14H2,1-4H3,(H,24,25)/t16-,18-,20-,21+,23-/m1/s1. The number of hydrogen-bond acceptors (Lipinski definition) is 5. The molecule has 166 valence electrons. The molecule has 7 heteroatoms. The number of rotatable bonds is 6. The van der Waals surface area contributed by atoms with Gasteiger partial charge in [-0.05, 0) is 59.6 Å². The van der Waals surface area contributed by atoms with Gasteiger partial charge in [0.25, 0.3) is 0 Å². The zero-order valence-electron chi connectivity index (χ0n) is 18.3. The van der Waals surface area contributed by atoms with Crippen LogP contribution in [0.4, 0.5) is 0 Å². The highest BCUT2D eigenvalue weighted by Crippen LogP contribution is 2.70. The summed E-state index contributed by atoms with van der Waals surface area (Å²) in [7, 11) is -1.61. The van der Waals surface area contributed by atoms with Crippen LogP contribution >= 0.6 is 0 Å². The molecule has 6 nitrogen and oxygen atoms in total. The Morgan fingerprint density at radius 1 is 1.27 bits per heavy atom. The first-order valence-electron chi connectivity index (χ1n) is 10.8. The molecule has 2 saturated carbocycles. The van der Waals surface area contributed by atoms with Gasteiger partial charge in [0.05, 0.1) is 17.6 Å². The van der Waals surface area contributed by atoms with Crippen LogP contribution in [-0.4, -0.2) is 46.9 Å². The quantitative estimate of drug-likeness (QED) is 0.742. The largest absolute Gasteiger partial charge is 0.384 e. The Hall–Kier alpha value is -1.44. The highest BCUT2D eigenvalue weighted by molar-refractivity contribution is 7.90. The van der Waals surface area contributed by atoms with Crippen molar-refractivity contribution in [2.45, 2.75) is 56.6 Å². The van der Waals surface area contributed by atoms with Gasteiger partial charge in [0.15, 0.2) is 9.84 Å². The molecule has 1 heterocycles. The lowest BCUT2D eigenvalue weighted by atomic mass is 9.59. The van der Waals surface area contributed by atoms with Crippen molar-refractivity contribution >= 4 is 15.7 Å². The maximum absolute atomic E-state index is 12.6. The maximum Gasteiger partial charge on any atom is 0.222 e. The van der Waals surface area contributed by atoms with Gasteiger partial charge in [-0.1, -0.05) is 26.0 Å². The minimum atomic E-state index is -3.22. The normalized spacial score (nSPS) is 34.5. The molecule has 0 radical (unpaired) electrons. The number of carbonyl (C=O) groups is 1. The van der Waals surface area contributed by atoms with Crippen molar-refractivity contribution in [3.63, 3.8) is 0 Å². The van der Waals surface area contributed by atoms with Crippen molar-refractivity contribution in [2.24, 2.45) is 22.7 Å². The number of sulfone groups is 1. The molecule has 4 rings (SSSR count). The van der Waals surface area contributed by atoms with Gasteiger partial charge in [0.2, 0.25) is 5.91 Å². The highest BCUT2D eigenvalue weighted by atomic mass is 32.2. The van der Waals surface area contributed by atoms with Crippen LogP contribution in [0.1, 0.15) is 51.2 Å². The lowest BCUT2D eigenvalue weighted by molar-refractivity contribution is -0.137. The van der Waals surface area contributed by atoms with Crippen molar-refractivity contribution in [3.05, 3.63) is 29.8 Å². The monoisotopic (exact) mass is 435 g/mol. The lowest BCUT2D eigenvalue weighted by Crippen LogP contribution is -2.59. The molecule has 1 spiro atoms. The van der Waals surface area contributed by atoms with Crippen LogP contribution < -0.4 is 5.32 Å². The van der Waals surface area contributed by atoms with Crippen LogP contribution in [0.5, 0.6) is 0 Å². The summed E-state index contributed by atoms with van der Waals surface area (Å²) in [5, 5.41) is 3.37. The van der Waals surface area contributed by atoms with Crippen LogP contribution in [0.25, 0.3) is 0 Å². The van der Waals surface area contributed by atoms with E-state index in [1.165, 1.54) is 6.26 Å². The van der Waals surface area contributed by atoms with Crippen LogP contribution in [0.15, 0.2) is 29.2 Å². The third-order valence-corrected chi connectivity index (χ3v) is 9.11. The molecule has 1 N–H and O–H groups in total. The summed E-state index contributed by atoms with van der Waals surface area (Å²) in [5.41, 5.74) is 1.10. The van der Waals surface area contributed by atoms with E-state index < -0.39 is 9.84 Å². The molecular weight excluding hydrogens is 402 g/mol. The number of hydrogen-bond donors (Lipinski definition) is 1. The predicted octanol–water partition coefficient (Wildman–Crippen LogP) is 3.13. The van der Waals surface area contributed by atoms with Gasteiger partial charge < -0.3 is 14.8 Å². The number of fused-ring (bicyclic) bond motifs is 1. The molecule has 3 aliphatic rings. The molecule has 3 fully saturated rings. The van der Waals surface area contributed by atoms with Crippen molar-refractivity contribution < 1.29 is 22.7 Å². The number of methoxy groups -OCH3 is 1. The van der Waals surface area contributed by atoms with Crippen molar-refractivity contribution in [1.82, 2.24) is 5.32 Å². The van der Waals surface area contributed by atoms with Gasteiger partial charge in [-0.3, -0.25) is 4.79 Å². The van der Waals surface area contributed by atoms with E-state index >= 15 is 0 Å². The van der Waals surface area contributed by atoms with Crippen LogP contribution in [-0.2, 0) is 24.1 Å². The minimum Gasteiger partial charge on any atom is -0.384 e. The number of ether oxygens (including phenoxy) is 2. The summed E-state index contributed by atoms with van der Waals surface area (Å²) in [6.45, 7) is 5.66. The summed E-state index contributed by atoms with van der Waals surface area (Å²) in [6.07, 6.45) is 4.68. The summed E-state index contributed by atoms with van der Waals surface area (Å²) < 4.78 is 35.0. The van der Waals surface area contributed by atoms with E-state index in [0.717, 1.165) is 24.8 Å². The third kappa shape index (κ3) is 3.49. The van der Waals surface area contributed by atoms with E-state index in [0.29, 0.717) is 36.4 Å². The first-order chi connectivity index (χ1) is 14.1. The summed E-state index contributed by atoms with van der Waals surface area (Å²) >= 11 is 0. The van der Waals surface area contributed by atoms with E-state index in [2.05, 4.69) is 19.2 Å². The second-order valence-electron chi connectivity index (χ2n) is 9.92. The Balaban J connectivity index is 1.62. The Morgan fingerprint density at radius 3 is 2.60 bits per heavy atom. The fraction of sp³-hybridized carbons (Fsp3) is 0.696. The topological polar surface area (TPSA) is 81.7 Å². The Morgan fingerprint density at radius 2 is 1.97 bits per heavy atom. The first-order valence-corrected chi connectivity index (χ1v) is 12.7. The molecule has 0 unspecified atom stereocenters. The Labute approximate surface area is 179 Å². The van der Waals surface area contributed by atoms with E-state index in [1.54, 1.807) is 19.2 Å². The van der Waals surface area contributed by atoms with Gasteiger partial charge in [-0.25, -0.2) is 8.42 Å². The molecule has 5 atom stereocenters. The Bertz CT molecular complexity index is 910. The molecule has 1 aromatic rings. The molecular formula is C23H33NO5S. The number of amides is 1. The van der Waals surface area contributed by atoms with Crippen molar-refractivity contribution in [2.75, 3.05) is 26.6 Å². The SMILES string of the molecule is COCCC(=O)N[C@H]1C(C)(C)[C@@H]2C[C@@H]3[C@@H](c4ccc(S(C)(=O)=O)cc4)OCC[C@@]31C2. The number of nitrogens with one attached hydrogen (secondary N) is 1. The lowest BCUT2D eigenvalue weighted by Gasteiger charge is -2.53. The smallest absolute Gasteiger partial charge is 0.222 e. The average molecular weight is 436 g/mol. The number of carbonyl (C=O) groups excluding carboxylic acids is 1. The molecule has 1 saturated heterocycles. The minimum absolute atomic E-state index is 0.0231. The molecule has 1 aliphatic heterocycles. The zero-order valence-corrected chi connectivity index (χ0v) is 19.1. The molecule has 2 aliphatic carbocycles. The average Bonchev–Trinajstić information content (AvgIpc) is 3.18. The van der Waals surface area contributed by atoms with Gasteiger partial charge in [-0.15, -0.1) is 0 Å². The van der Waals surface area contributed by atoms with E-state index in [9.17, 15) is 13.2 Å². The predicted molar refractivity (Wildman–Crippen MR) is 114 cm³/mol. The summed E-state index contributed by atoms with van der Waals surface area (Å²) in [6, 6.07) is 7.25. The van der Waals surface area contributed by atoms with Crippen molar-refractivity contribution in [3.8, 4) is 0 Å². The van der Waals surface area contributed by atoms with Gasteiger partial charge >= 0.3 is 0 Å². The maximum atomic E-state index is 12.6. The molecule has 30 heavy (non-hydrogen) atoms. The fourth-order valence-electron chi connectivity index (χ4n) is 6.45. The van der Waals surface area contributed by atoms with E-state index in [4.69, 9.17) is 9.47 Å². The van der Waals surface area contributed by atoms with E-state index in [1.807, 2.05) is 12.1 Å². The number of benzene rings is 1. The molecule has 2 bridgehead atoms. The van der Waals surface area contributed by atoms with E-state index in [-0.39, 0.29) is 28.9 Å². The third-order valence-electron chi connectivity index (χ3n) is 7.98. The Kier molecular flexibility index (Phi) is 5.52. The van der Waals surface area contributed by atoms with Crippen molar-refractivity contribution in [1.29, 1.82) is 0 Å². The van der Waals surface area contributed by atoms with Crippen LogP contribution in [0, 0.1) is 22.7 Å². The second kappa shape index (κ2) is 7.61. The molecule has 1 amide bonds. The van der Waals surface area contributed by atoms with Gasteiger partial charge in [-0.2, -0.15) is 0 Å². The van der Waals surface area contributed by atoms with Gasteiger partial charge in [0, 0.05) is 32.4 Å². The summed E-state index contributed by atoms with van der Waals surface area (Å²) in [5.74, 6) is 0.909.